The lowest BCUT2D eigenvalue weighted by Crippen LogP contribution is -2.52. The Kier molecular flexibility index (Phi) is 8.20. The number of methoxy groups -OCH3 is 1. The van der Waals surface area contributed by atoms with E-state index < -0.39 is 18.6 Å². The maximum absolute atomic E-state index is 14.3. The molecule has 0 saturated carbocycles. The molecule has 1 N–H and O–H groups in total. The van der Waals surface area contributed by atoms with Gasteiger partial charge in [-0.15, -0.1) is 6.42 Å². The molecule has 3 aromatic rings. The number of nitrogens with zero attached hydrogens (tertiary/aromatic N) is 4. The number of benzene rings is 1. The zero-order chi connectivity index (χ0) is 29.1. The van der Waals surface area contributed by atoms with E-state index in [-0.39, 0.29) is 18.1 Å². The predicted octanol–water partition coefficient (Wildman–Crippen LogP) is 4.28. The third kappa shape index (κ3) is 6.02. The zero-order valence-electron chi connectivity index (χ0n) is 23.4. The average molecular weight is 578 g/mol. The fourth-order valence-corrected chi connectivity index (χ4v) is 5.65. The van der Waals surface area contributed by atoms with Gasteiger partial charge in [0.05, 0.1) is 44.2 Å². The highest BCUT2D eigenvalue weighted by Gasteiger charge is 2.43. The number of likely N-dealkylation sites (tertiary alicyclic amines) is 1. The van der Waals surface area contributed by atoms with Crippen LogP contribution in [0.15, 0.2) is 42.7 Å². The van der Waals surface area contributed by atoms with Crippen LogP contribution >= 0.6 is 0 Å². The van der Waals surface area contributed by atoms with Gasteiger partial charge in [-0.3, -0.25) is 4.90 Å². The number of terminal acetylenes is 1. The minimum Gasteiger partial charge on any atom is -0.483 e. The minimum atomic E-state index is -2.99. The summed E-state index contributed by atoms with van der Waals surface area (Å²) < 4.78 is 51.2. The second-order valence-corrected chi connectivity index (χ2v) is 10.8. The van der Waals surface area contributed by atoms with Crippen molar-refractivity contribution in [3.63, 3.8) is 0 Å². The molecule has 3 aliphatic rings. The molecule has 3 saturated heterocycles. The molecule has 2 aromatic heterocycles. The van der Waals surface area contributed by atoms with Gasteiger partial charge in [0.1, 0.15) is 12.1 Å². The molecule has 42 heavy (non-hydrogen) atoms. The molecule has 6 rings (SSSR count). The number of pyridine rings is 1. The number of piperidine rings is 2. The van der Waals surface area contributed by atoms with Crippen LogP contribution in [-0.2, 0) is 4.74 Å². The van der Waals surface area contributed by atoms with Crippen LogP contribution in [0.3, 0.4) is 0 Å². The topological polar surface area (TPSA) is 90.9 Å². The Morgan fingerprint density at radius 2 is 1.90 bits per heavy atom. The van der Waals surface area contributed by atoms with E-state index in [4.69, 9.17) is 25.4 Å². The van der Waals surface area contributed by atoms with Gasteiger partial charge in [0.15, 0.2) is 6.10 Å². The molecular weight excluding hydrogens is 544 g/mol. The third-order valence-corrected chi connectivity index (χ3v) is 8.13. The van der Waals surface area contributed by atoms with Crippen LogP contribution in [0.1, 0.15) is 36.3 Å². The Morgan fingerprint density at radius 1 is 1.07 bits per heavy atom. The first-order valence-electron chi connectivity index (χ1n) is 14.2. The highest BCUT2D eigenvalue weighted by atomic mass is 19.3. The second-order valence-electron chi connectivity index (χ2n) is 10.8. The number of nitrogens with one attached hydrogen (secondary N) is 1. The largest absolute Gasteiger partial charge is 0.483 e. The fourth-order valence-electron chi connectivity index (χ4n) is 5.65. The predicted molar refractivity (Wildman–Crippen MR) is 151 cm³/mol. The number of hydrogen-bond donors (Lipinski definition) is 1. The standard InChI is InChI=1S/C31H33F2N5O4/c1-3-20-14-22(4-6-26(20)41-27-8-11-34-18-31(27,32)33)25-15-29(36-19-35-25)42-28-7-5-24(30(37-28)39-2)21-9-12-38(13-10-21)23-16-40-17-23/h1,4-7,14-15,19,21,23,27,34H,8-13,16-18H2,2H3. The van der Waals surface area contributed by atoms with Crippen LogP contribution in [-0.4, -0.2) is 84.4 Å². The first-order valence-corrected chi connectivity index (χ1v) is 14.2. The van der Waals surface area contributed by atoms with Crippen LogP contribution in [0.5, 0.6) is 23.4 Å². The van der Waals surface area contributed by atoms with Crippen molar-refractivity contribution in [2.75, 3.05) is 46.5 Å². The lowest BCUT2D eigenvalue weighted by atomic mass is 9.89. The number of ether oxygens (including phenoxy) is 4. The summed E-state index contributed by atoms with van der Waals surface area (Å²) in [7, 11) is 1.61. The van der Waals surface area contributed by atoms with E-state index in [1.165, 1.54) is 6.33 Å². The zero-order valence-corrected chi connectivity index (χ0v) is 23.4. The monoisotopic (exact) mass is 577 g/mol. The van der Waals surface area contributed by atoms with Crippen molar-refractivity contribution in [1.82, 2.24) is 25.2 Å². The van der Waals surface area contributed by atoms with Gasteiger partial charge in [-0.1, -0.05) is 5.92 Å². The molecule has 1 unspecified atom stereocenters. The summed E-state index contributed by atoms with van der Waals surface area (Å²) in [5.74, 6) is 1.33. The Bertz CT molecular complexity index is 1450. The van der Waals surface area contributed by atoms with Crippen molar-refractivity contribution in [2.24, 2.45) is 0 Å². The van der Waals surface area contributed by atoms with Gasteiger partial charge < -0.3 is 24.3 Å². The molecule has 9 nitrogen and oxygen atoms in total. The van der Waals surface area contributed by atoms with Crippen LogP contribution in [0.4, 0.5) is 8.78 Å². The van der Waals surface area contributed by atoms with Gasteiger partial charge in [0.25, 0.3) is 5.92 Å². The lowest BCUT2D eigenvalue weighted by molar-refractivity contribution is -0.109. The normalized spacial score (nSPS) is 21.2. The third-order valence-electron chi connectivity index (χ3n) is 8.13. The quantitative estimate of drug-likeness (QED) is 0.394. The molecule has 0 amide bonds. The Hall–Kier alpha value is -3.85. The molecule has 1 atom stereocenters. The number of alkyl halides is 2. The summed E-state index contributed by atoms with van der Waals surface area (Å²) >= 11 is 0. The van der Waals surface area contributed by atoms with Gasteiger partial charge in [-0.05, 0) is 62.7 Å². The first kappa shape index (κ1) is 28.3. The van der Waals surface area contributed by atoms with Crippen molar-refractivity contribution >= 4 is 0 Å². The van der Waals surface area contributed by atoms with Crippen molar-refractivity contribution < 1.29 is 27.7 Å². The molecule has 220 valence electrons. The van der Waals surface area contributed by atoms with Gasteiger partial charge in [0.2, 0.25) is 17.6 Å². The molecule has 0 aliphatic carbocycles. The molecule has 3 fully saturated rings. The molecule has 3 aliphatic heterocycles. The van der Waals surface area contributed by atoms with Crippen molar-refractivity contribution in [3.8, 4) is 47.0 Å². The summed E-state index contributed by atoms with van der Waals surface area (Å²) in [5, 5.41) is 2.69. The molecule has 0 bridgehead atoms. The maximum atomic E-state index is 14.3. The fraction of sp³-hybridized carbons (Fsp3) is 0.452. The molecule has 0 spiro atoms. The van der Waals surface area contributed by atoms with Gasteiger partial charge in [0, 0.05) is 29.7 Å². The van der Waals surface area contributed by atoms with E-state index in [2.05, 4.69) is 31.1 Å². The lowest BCUT2D eigenvalue weighted by Gasteiger charge is -2.41. The molecule has 0 radical (unpaired) electrons. The molecule has 1 aromatic carbocycles. The molecular formula is C31H33F2N5O4. The van der Waals surface area contributed by atoms with Gasteiger partial charge >= 0.3 is 0 Å². The number of aromatic nitrogens is 3. The average Bonchev–Trinajstić information content (AvgIpc) is 2.98. The molecule has 11 heteroatoms. The van der Waals surface area contributed by atoms with Crippen LogP contribution in [0, 0.1) is 12.3 Å². The Labute approximate surface area is 243 Å². The number of halogens is 2. The van der Waals surface area contributed by atoms with Crippen LogP contribution in [0.25, 0.3) is 11.3 Å². The van der Waals surface area contributed by atoms with Gasteiger partial charge in [-0.2, -0.15) is 4.98 Å². The first-order chi connectivity index (χ1) is 20.4. The SMILES string of the molecule is C#Cc1cc(-c2cc(Oc3ccc(C4CCN(C5COC5)CC4)c(OC)n3)ncn2)ccc1OC1CCNCC1(F)F. The van der Waals surface area contributed by atoms with E-state index in [1.54, 1.807) is 31.4 Å². The van der Waals surface area contributed by atoms with Crippen LogP contribution < -0.4 is 19.5 Å². The van der Waals surface area contributed by atoms with Crippen LogP contribution in [0.2, 0.25) is 0 Å². The van der Waals surface area contributed by atoms with Gasteiger partial charge in [-0.25, -0.2) is 18.7 Å². The summed E-state index contributed by atoms with van der Waals surface area (Å²) in [4.78, 5) is 15.7. The van der Waals surface area contributed by atoms with E-state index >= 15 is 0 Å². The number of hydrogen-bond acceptors (Lipinski definition) is 9. The van der Waals surface area contributed by atoms with Crippen molar-refractivity contribution in [2.45, 2.75) is 43.2 Å². The summed E-state index contributed by atoms with van der Waals surface area (Å²) in [6.07, 6.45) is 8.10. The van der Waals surface area contributed by atoms with Crippen molar-refractivity contribution in [3.05, 3.63) is 53.9 Å². The van der Waals surface area contributed by atoms with E-state index in [9.17, 15) is 8.78 Å². The van der Waals surface area contributed by atoms with E-state index in [0.717, 1.165) is 44.7 Å². The minimum absolute atomic E-state index is 0.181. The summed E-state index contributed by atoms with van der Waals surface area (Å²) in [6, 6.07) is 11.1. The maximum Gasteiger partial charge on any atom is 0.296 e. The van der Waals surface area contributed by atoms with E-state index in [1.807, 2.05) is 12.1 Å². The summed E-state index contributed by atoms with van der Waals surface area (Å²) in [5.41, 5.74) is 2.64. The highest BCUT2D eigenvalue weighted by molar-refractivity contribution is 5.65. The number of rotatable bonds is 8. The highest BCUT2D eigenvalue weighted by Crippen LogP contribution is 2.36. The Balaban J connectivity index is 1.15. The van der Waals surface area contributed by atoms with E-state index in [0.29, 0.717) is 47.1 Å². The smallest absolute Gasteiger partial charge is 0.296 e. The van der Waals surface area contributed by atoms with Crippen molar-refractivity contribution in [1.29, 1.82) is 0 Å². The summed E-state index contributed by atoms with van der Waals surface area (Å²) in [6.45, 7) is 3.75. The second kappa shape index (κ2) is 12.2. The Morgan fingerprint density at radius 3 is 2.62 bits per heavy atom. The molecule has 5 heterocycles.